The first-order valence-corrected chi connectivity index (χ1v) is 5.70. The smallest absolute Gasteiger partial charge is 0.321 e. The van der Waals surface area contributed by atoms with Crippen molar-refractivity contribution >= 4 is 17.9 Å². The fourth-order valence-electron chi connectivity index (χ4n) is 2.07. The number of anilines is 1. The lowest BCUT2D eigenvalue weighted by Crippen LogP contribution is -2.37. The molecular formula is C10H15N5O3. The molecule has 1 aromatic rings. The molecule has 0 aromatic carbocycles. The Labute approximate surface area is 103 Å². The number of aryl methyl sites for hydroxylation is 1. The molecule has 2 atom stereocenters. The summed E-state index contributed by atoms with van der Waals surface area (Å²) in [5.74, 6) is -0.807. The standard InChI is InChI=1S/C10H15N5O3/c1-15-9(11-5-12-15)14-10(18)13-7-3-2-6(4-7)8(16)17/h5-7H,2-4H2,1H3,(H,16,17)(H2,11,12,13,14,18). The van der Waals surface area contributed by atoms with Crippen molar-refractivity contribution in [3.8, 4) is 0 Å². The van der Waals surface area contributed by atoms with E-state index in [9.17, 15) is 9.59 Å². The van der Waals surface area contributed by atoms with Crippen molar-refractivity contribution in [2.75, 3.05) is 5.32 Å². The van der Waals surface area contributed by atoms with E-state index in [1.165, 1.54) is 11.0 Å². The van der Waals surface area contributed by atoms with Crippen LogP contribution in [0.15, 0.2) is 6.33 Å². The van der Waals surface area contributed by atoms with E-state index in [0.717, 1.165) is 0 Å². The number of carbonyl (C=O) groups excluding carboxylic acids is 1. The number of carboxylic acids is 1. The highest BCUT2D eigenvalue weighted by molar-refractivity contribution is 5.87. The maximum atomic E-state index is 11.6. The van der Waals surface area contributed by atoms with Gasteiger partial charge < -0.3 is 10.4 Å². The second-order valence-corrected chi connectivity index (χ2v) is 4.35. The molecule has 0 aliphatic heterocycles. The van der Waals surface area contributed by atoms with Gasteiger partial charge in [0, 0.05) is 13.1 Å². The Bertz CT molecular complexity index is 458. The summed E-state index contributed by atoms with van der Waals surface area (Å²) in [5.41, 5.74) is 0. The number of carbonyl (C=O) groups is 2. The molecule has 18 heavy (non-hydrogen) atoms. The molecule has 3 N–H and O–H groups in total. The molecule has 0 saturated heterocycles. The number of aromatic nitrogens is 3. The van der Waals surface area contributed by atoms with Crippen LogP contribution >= 0.6 is 0 Å². The second kappa shape index (κ2) is 5.03. The molecule has 1 heterocycles. The number of nitrogens with one attached hydrogen (secondary N) is 2. The van der Waals surface area contributed by atoms with E-state index in [2.05, 4.69) is 20.7 Å². The molecule has 1 aromatic heterocycles. The number of nitrogens with zero attached hydrogens (tertiary/aromatic N) is 3. The summed E-state index contributed by atoms with van der Waals surface area (Å²) < 4.78 is 1.44. The maximum Gasteiger partial charge on any atom is 0.321 e. The van der Waals surface area contributed by atoms with Gasteiger partial charge in [0.15, 0.2) is 0 Å². The van der Waals surface area contributed by atoms with Crippen molar-refractivity contribution < 1.29 is 14.7 Å². The number of hydrogen-bond donors (Lipinski definition) is 3. The van der Waals surface area contributed by atoms with Crippen LogP contribution in [-0.4, -0.2) is 37.9 Å². The van der Waals surface area contributed by atoms with Gasteiger partial charge in [-0.3, -0.25) is 10.1 Å². The third-order valence-electron chi connectivity index (χ3n) is 3.05. The number of aliphatic carboxylic acids is 1. The van der Waals surface area contributed by atoms with Crippen molar-refractivity contribution in [3.05, 3.63) is 6.33 Å². The lowest BCUT2D eigenvalue weighted by atomic mass is 10.1. The van der Waals surface area contributed by atoms with Gasteiger partial charge in [0.2, 0.25) is 5.95 Å². The zero-order valence-electron chi connectivity index (χ0n) is 9.96. The lowest BCUT2D eigenvalue weighted by molar-refractivity contribution is -0.141. The van der Waals surface area contributed by atoms with Crippen LogP contribution in [-0.2, 0) is 11.8 Å². The Hall–Kier alpha value is -2.12. The number of hydrogen-bond acceptors (Lipinski definition) is 4. The van der Waals surface area contributed by atoms with Crippen molar-refractivity contribution in [1.82, 2.24) is 20.1 Å². The van der Waals surface area contributed by atoms with E-state index >= 15 is 0 Å². The van der Waals surface area contributed by atoms with E-state index in [4.69, 9.17) is 5.11 Å². The average Bonchev–Trinajstić information content (AvgIpc) is 2.89. The Balaban J connectivity index is 1.82. The number of rotatable bonds is 3. The highest BCUT2D eigenvalue weighted by Crippen LogP contribution is 2.25. The summed E-state index contributed by atoms with van der Waals surface area (Å²) >= 11 is 0. The van der Waals surface area contributed by atoms with Crippen LogP contribution in [0.25, 0.3) is 0 Å². The van der Waals surface area contributed by atoms with Crippen molar-refractivity contribution in [2.45, 2.75) is 25.3 Å². The van der Waals surface area contributed by atoms with E-state index in [0.29, 0.717) is 25.2 Å². The quantitative estimate of drug-likeness (QED) is 0.712. The van der Waals surface area contributed by atoms with Crippen LogP contribution in [0.4, 0.5) is 10.7 Å². The summed E-state index contributed by atoms with van der Waals surface area (Å²) in [6.45, 7) is 0. The molecule has 1 aliphatic carbocycles. The highest BCUT2D eigenvalue weighted by Gasteiger charge is 2.30. The van der Waals surface area contributed by atoms with Gasteiger partial charge in [0.1, 0.15) is 6.33 Å². The van der Waals surface area contributed by atoms with Crippen LogP contribution in [0.3, 0.4) is 0 Å². The maximum absolute atomic E-state index is 11.6. The predicted molar refractivity (Wildman–Crippen MR) is 61.9 cm³/mol. The molecule has 2 amide bonds. The van der Waals surface area contributed by atoms with E-state index in [1.54, 1.807) is 7.05 Å². The molecule has 1 fully saturated rings. The summed E-state index contributed by atoms with van der Waals surface area (Å²) in [7, 11) is 1.67. The molecule has 8 heteroatoms. The molecule has 8 nitrogen and oxygen atoms in total. The molecule has 0 bridgehead atoms. The topological polar surface area (TPSA) is 109 Å². The molecule has 98 valence electrons. The highest BCUT2D eigenvalue weighted by atomic mass is 16.4. The first kappa shape index (κ1) is 12.3. The molecule has 0 radical (unpaired) electrons. The molecule has 2 rings (SSSR count). The monoisotopic (exact) mass is 253 g/mol. The summed E-state index contributed by atoms with van der Waals surface area (Å²) in [6.07, 6.45) is 3.10. The van der Waals surface area contributed by atoms with E-state index in [-0.39, 0.29) is 18.0 Å². The molecule has 1 aliphatic rings. The zero-order valence-corrected chi connectivity index (χ0v) is 9.96. The van der Waals surface area contributed by atoms with Crippen LogP contribution in [0, 0.1) is 5.92 Å². The largest absolute Gasteiger partial charge is 0.481 e. The Morgan fingerprint density at radius 1 is 1.50 bits per heavy atom. The average molecular weight is 253 g/mol. The van der Waals surface area contributed by atoms with E-state index < -0.39 is 5.97 Å². The molecule has 0 spiro atoms. The van der Waals surface area contributed by atoms with E-state index in [1.807, 2.05) is 0 Å². The minimum Gasteiger partial charge on any atom is -0.481 e. The van der Waals surface area contributed by atoms with Crippen molar-refractivity contribution in [3.63, 3.8) is 0 Å². The van der Waals surface area contributed by atoms with Crippen LogP contribution < -0.4 is 10.6 Å². The predicted octanol–water partition coefficient (Wildman–Crippen LogP) is 0.190. The number of carboxylic acid groups (broad SMARTS) is 1. The van der Waals surface area contributed by atoms with Crippen LogP contribution in [0.1, 0.15) is 19.3 Å². The SMILES string of the molecule is Cn1ncnc1NC(=O)NC1CCC(C(=O)O)C1. The van der Waals surface area contributed by atoms with Crippen LogP contribution in [0.5, 0.6) is 0 Å². The summed E-state index contributed by atoms with van der Waals surface area (Å²) in [6, 6.07) is -0.485. The third kappa shape index (κ3) is 2.76. The van der Waals surface area contributed by atoms with Gasteiger partial charge in [-0.05, 0) is 19.3 Å². The van der Waals surface area contributed by atoms with Gasteiger partial charge in [-0.25, -0.2) is 9.48 Å². The molecular weight excluding hydrogens is 238 g/mol. The number of urea groups is 1. The van der Waals surface area contributed by atoms with Gasteiger partial charge >= 0.3 is 12.0 Å². The molecule has 1 saturated carbocycles. The Morgan fingerprint density at radius 2 is 2.28 bits per heavy atom. The zero-order chi connectivity index (χ0) is 13.1. The summed E-state index contributed by atoms with van der Waals surface area (Å²) in [4.78, 5) is 26.3. The van der Waals surface area contributed by atoms with Gasteiger partial charge in [-0.2, -0.15) is 10.1 Å². The fraction of sp³-hybridized carbons (Fsp3) is 0.600. The fourth-order valence-corrected chi connectivity index (χ4v) is 2.07. The first-order valence-electron chi connectivity index (χ1n) is 5.70. The number of amides is 2. The normalized spacial score (nSPS) is 22.7. The first-order chi connectivity index (χ1) is 8.56. The van der Waals surface area contributed by atoms with Crippen molar-refractivity contribution in [2.24, 2.45) is 13.0 Å². The third-order valence-corrected chi connectivity index (χ3v) is 3.05. The minimum absolute atomic E-state index is 0.0978. The minimum atomic E-state index is -0.798. The summed E-state index contributed by atoms with van der Waals surface area (Å²) in [5, 5.41) is 18.0. The van der Waals surface area contributed by atoms with Crippen molar-refractivity contribution in [1.29, 1.82) is 0 Å². The Kier molecular flexibility index (Phi) is 3.45. The molecule has 2 unspecified atom stereocenters. The lowest BCUT2D eigenvalue weighted by Gasteiger charge is -2.12. The van der Waals surface area contributed by atoms with Gasteiger partial charge in [0.05, 0.1) is 5.92 Å². The van der Waals surface area contributed by atoms with Gasteiger partial charge in [-0.15, -0.1) is 0 Å². The van der Waals surface area contributed by atoms with Gasteiger partial charge in [0.25, 0.3) is 0 Å². The van der Waals surface area contributed by atoms with Gasteiger partial charge in [-0.1, -0.05) is 0 Å². The Morgan fingerprint density at radius 3 is 2.83 bits per heavy atom. The van der Waals surface area contributed by atoms with Crippen LogP contribution in [0.2, 0.25) is 0 Å². The second-order valence-electron chi connectivity index (χ2n) is 4.35.